The number of amides is 1. The molecule has 1 aliphatic heterocycles. The third-order valence-electron chi connectivity index (χ3n) is 4.99. The molecule has 0 radical (unpaired) electrons. The number of ether oxygens (including phenoxy) is 1. The minimum absolute atomic E-state index is 0.208. The Morgan fingerprint density at radius 2 is 1.78 bits per heavy atom. The lowest BCUT2D eigenvalue weighted by Gasteiger charge is -2.31. The first-order chi connectivity index (χ1) is 15.5. The van der Waals surface area contributed by atoms with E-state index in [0.29, 0.717) is 13.2 Å². The van der Waals surface area contributed by atoms with Crippen molar-refractivity contribution in [3.63, 3.8) is 0 Å². The lowest BCUT2D eigenvalue weighted by atomic mass is 9.88. The van der Waals surface area contributed by atoms with Crippen LogP contribution in [0.2, 0.25) is 0 Å². The molecule has 182 valence electrons. The van der Waals surface area contributed by atoms with Crippen LogP contribution in [0, 0.1) is 6.92 Å². The number of aliphatic imine (C=N–C) groups is 1. The van der Waals surface area contributed by atoms with E-state index in [-0.39, 0.29) is 6.09 Å². The molecule has 0 fully saturated rings. The molecule has 0 atom stereocenters. The third-order valence-corrected chi connectivity index (χ3v) is 4.99. The summed E-state index contributed by atoms with van der Waals surface area (Å²) in [5, 5.41) is 0. The largest absolute Gasteiger partial charge is 0.450 e. The monoisotopic (exact) mass is 444 g/mol. The van der Waals surface area contributed by atoms with Crippen molar-refractivity contribution in [2.45, 2.75) is 81.1 Å². The number of carbonyl (C=O) groups excluding carboxylic acids is 1. The van der Waals surface area contributed by atoms with Crippen LogP contribution >= 0.6 is 0 Å². The van der Waals surface area contributed by atoms with Crippen molar-refractivity contribution in [1.82, 2.24) is 4.90 Å². The highest BCUT2D eigenvalue weighted by Crippen LogP contribution is 2.32. The molecule has 0 bridgehead atoms. The van der Waals surface area contributed by atoms with Crippen LogP contribution < -0.4 is 0 Å². The number of hydrogen-bond acceptors (Lipinski definition) is 3. The van der Waals surface area contributed by atoms with Crippen LogP contribution in [-0.2, 0) is 4.74 Å². The maximum absolute atomic E-state index is 12.1. The number of allylic oxidation sites excluding steroid dienone is 1. The fourth-order valence-electron chi connectivity index (χ4n) is 3.14. The average molecular weight is 445 g/mol. The van der Waals surface area contributed by atoms with Gasteiger partial charge < -0.3 is 14.6 Å². The van der Waals surface area contributed by atoms with Gasteiger partial charge in [0.25, 0.3) is 0 Å². The molecule has 1 aliphatic rings. The number of rotatable bonds is 6. The second kappa shape index (κ2) is 20.5. The van der Waals surface area contributed by atoms with Gasteiger partial charge >= 0.3 is 6.09 Å². The smallest absolute Gasteiger partial charge is 0.410 e. The first-order valence-corrected chi connectivity index (χ1v) is 12.2. The van der Waals surface area contributed by atoms with Crippen molar-refractivity contribution >= 4 is 17.9 Å². The molecule has 1 heterocycles. The molecule has 4 nitrogen and oxygen atoms in total. The van der Waals surface area contributed by atoms with E-state index < -0.39 is 0 Å². The Bertz CT molecular complexity index is 701. The Morgan fingerprint density at radius 1 is 1.19 bits per heavy atom. The SMILES string of the molecule is C=C(CC)CCC1=C(c2ccccc2C)CN(C(=O)OCC)CC1.CC.CC.CC=NC. The van der Waals surface area contributed by atoms with Crippen molar-refractivity contribution < 1.29 is 9.53 Å². The minimum atomic E-state index is -0.208. The molecule has 0 unspecified atom stereocenters. The van der Waals surface area contributed by atoms with Crippen LogP contribution in [0.3, 0.4) is 0 Å². The average Bonchev–Trinajstić information content (AvgIpc) is 2.85. The maximum atomic E-state index is 12.1. The molecule has 0 saturated heterocycles. The molecule has 1 amide bonds. The standard InChI is InChI=1S/C21H29NO2.C3H7N.2C2H6/c1-5-16(3)11-12-18-13-14-22(21(23)24-6-2)15-20(18)19-10-8-7-9-17(19)4;1-3-4-2;2*1-2/h7-10H,3,5-6,11-15H2,1-2,4H3;3H,1-2H3;2*1-2H3. The van der Waals surface area contributed by atoms with Crippen LogP contribution in [0.4, 0.5) is 4.79 Å². The summed E-state index contributed by atoms with van der Waals surface area (Å²) in [5.41, 5.74) is 6.55. The second-order valence-corrected chi connectivity index (χ2v) is 6.89. The fourth-order valence-corrected chi connectivity index (χ4v) is 3.14. The van der Waals surface area contributed by atoms with E-state index in [9.17, 15) is 4.79 Å². The van der Waals surface area contributed by atoms with Crippen molar-refractivity contribution in [3.05, 3.63) is 53.1 Å². The second-order valence-electron chi connectivity index (χ2n) is 6.89. The van der Waals surface area contributed by atoms with E-state index in [1.54, 1.807) is 13.3 Å². The predicted molar refractivity (Wildman–Crippen MR) is 143 cm³/mol. The highest BCUT2D eigenvalue weighted by Gasteiger charge is 2.25. The van der Waals surface area contributed by atoms with Gasteiger partial charge in [-0.15, -0.1) is 0 Å². The van der Waals surface area contributed by atoms with Gasteiger partial charge in [0.2, 0.25) is 0 Å². The summed E-state index contributed by atoms with van der Waals surface area (Å²) in [7, 11) is 1.75. The molecule has 1 aromatic rings. The van der Waals surface area contributed by atoms with E-state index in [0.717, 1.165) is 32.2 Å². The van der Waals surface area contributed by atoms with Crippen LogP contribution in [0.1, 0.15) is 85.3 Å². The molecule has 0 aliphatic carbocycles. The highest BCUT2D eigenvalue weighted by atomic mass is 16.6. The summed E-state index contributed by atoms with van der Waals surface area (Å²) in [6, 6.07) is 8.42. The topological polar surface area (TPSA) is 41.9 Å². The van der Waals surface area contributed by atoms with Gasteiger partial charge in [-0.2, -0.15) is 0 Å². The molecule has 2 rings (SSSR count). The van der Waals surface area contributed by atoms with Gasteiger partial charge in [-0.05, 0) is 69.4 Å². The quantitative estimate of drug-likeness (QED) is 0.328. The molecule has 32 heavy (non-hydrogen) atoms. The summed E-state index contributed by atoms with van der Waals surface area (Å²) in [4.78, 5) is 17.6. The number of hydrogen-bond donors (Lipinski definition) is 0. The van der Waals surface area contributed by atoms with Crippen molar-refractivity contribution in [2.24, 2.45) is 4.99 Å². The molecule has 0 saturated carbocycles. The van der Waals surface area contributed by atoms with Gasteiger partial charge in [0.05, 0.1) is 6.61 Å². The first-order valence-electron chi connectivity index (χ1n) is 12.2. The van der Waals surface area contributed by atoms with Gasteiger partial charge in [0.15, 0.2) is 0 Å². The molecule has 4 heteroatoms. The zero-order chi connectivity index (χ0) is 24.9. The summed E-state index contributed by atoms with van der Waals surface area (Å²) in [6.07, 6.45) is 5.55. The molecule has 1 aromatic carbocycles. The predicted octanol–water partition coefficient (Wildman–Crippen LogP) is 8.12. The van der Waals surface area contributed by atoms with Crippen LogP contribution in [0.5, 0.6) is 0 Å². The Balaban J connectivity index is 0. The molecule has 0 spiro atoms. The van der Waals surface area contributed by atoms with E-state index >= 15 is 0 Å². The zero-order valence-corrected chi connectivity index (χ0v) is 22.3. The molecular weight excluding hydrogens is 396 g/mol. The summed E-state index contributed by atoms with van der Waals surface area (Å²) in [5.74, 6) is 0. The summed E-state index contributed by atoms with van der Waals surface area (Å²) in [6.45, 7) is 22.0. The van der Waals surface area contributed by atoms with Gasteiger partial charge in [-0.25, -0.2) is 4.79 Å². The van der Waals surface area contributed by atoms with Crippen molar-refractivity contribution in [3.8, 4) is 0 Å². The van der Waals surface area contributed by atoms with E-state index in [4.69, 9.17) is 4.74 Å². The van der Waals surface area contributed by atoms with Crippen molar-refractivity contribution in [1.29, 1.82) is 0 Å². The molecular formula is C28H48N2O2. The highest BCUT2D eigenvalue weighted by molar-refractivity contribution is 5.78. The van der Waals surface area contributed by atoms with Gasteiger partial charge in [0, 0.05) is 20.1 Å². The van der Waals surface area contributed by atoms with Crippen molar-refractivity contribution in [2.75, 3.05) is 26.7 Å². The normalized spacial score (nSPS) is 12.6. The zero-order valence-electron chi connectivity index (χ0n) is 22.3. The minimum Gasteiger partial charge on any atom is -0.450 e. The lowest BCUT2D eigenvalue weighted by Crippen LogP contribution is -2.37. The van der Waals surface area contributed by atoms with Crippen LogP contribution in [0.15, 0.2) is 47.0 Å². The van der Waals surface area contributed by atoms with E-state index in [1.807, 2.05) is 46.4 Å². The number of aryl methyl sites for hydroxylation is 1. The lowest BCUT2D eigenvalue weighted by molar-refractivity contribution is 0.111. The Morgan fingerprint density at radius 3 is 2.28 bits per heavy atom. The number of benzene rings is 1. The van der Waals surface area contributed by atoms with E-state index in [2.05, 4.69) is 49.7 Å². The van der Waals surface area contributed by atoms with Crippen LogP contribution in [-0.4, -0.2) is 44.0 Å². The maximum Gasteiger partial charge on any atom is 0.410 e. The fraction of sp³-hybridized carbons (Fsp3) is 0.571. The molecule has 0 aromatic heterocycles. The van der Waals surface area contributed by atoms with Gasteiger partial charge in [-0.1, -0.05) is 76.6 Å². The van der Waals surface area contributed by atoms with Gasteiger partial charge in [-0.3, -0.25) is 0 Å². The first kappa shape index (κ1) is 31.8. The van der Waals surface area contributed by atoms with E-state index in [1.165, 1.54) is 27.8 Å². The summed E-state index contributed by atoms with van der Waals surface area (Å²) < 4.78 is 5.20. The Labute approximate surface area is 198 Å². The molecule has 0 N–H and O–H groups in total. The summed E-state index contributed by atoms with van der Waals surface area (Å²) >= 11 is 0. The number of nitrogens with zero attached hydrogens (tertiary/aromatic N) is 2. The third kappa shape index (κ3) is 11.9. The van der Waals surface area contributed by atoms with Crippen LogP contribution in [0.25, 0.3) is 5.57 Å². The Hall–Kier alpha value is -2.36. The van der Waals surface area contributed by atoms with Gasteiger partial charge in [0.1, 0.15) is 0 Å². The Kier molecular flexibility index (Phi) is 20.4. The number of carbonyl (C=O) groups is 1.